The normalized spacial score (nSPS) is 27.4. The van der Waals surface area contributed by atoms with Crippen molar-refractivity contribution in [3.63, 3.8) is 0 Å². The molecule has 6 atom stereocenters. The molecule has 4 rings (SSSR count). The number of ether oxygens (including phenoxy) is 3. The van der Waals surface area contributed by atoms with Gasteiger partial charge in [0.25, 0.3) is 0 Å². The Kier molecular flexibility index (Phi) is 8.38. The van der Waals surface area contributed by atoms with E-state index in [1.54, 1.807) is 19.9 Å². The molecule has 1 aliphatic heterocycles. The molecule has 39 heavy (non-hydrogen) atoms. The number of methoxy groups -OCH3 is 1. The van der Waals surface area contributed by atoms with Crippen LogP contribution in [0.25, 0.3) is 10.8 Å². The molecule has 2 aliphatic rings. The molecule has 0 saturated carbocycles. The van der Waals surface area contributed by atoms with Crippen LogP contribution in [0, 0.1) is 5.92 Å². The van der Waals surface area contributed by atoms with E-state index in [1.807, 2.05) is 0 Å². The van der Waals surface area contributed by atoms with Crippen molar-refractivity contribution in [2.24, 2.45) is 11.7 Å². The molecule has 1 fully saturated rings. The van der Waals surface area contributed by atoms with Gasteiger partial charge >= 0.3 is 0 Å². The Morgan fingerprint density at radius 3 is 2.54 bits per heavy atom. The molecule has 11 heteroatoms. The zero-order valence-corrected chi connectivity index (χ0v) is 21.9. The van der Waals surface area contributed by atoms with Crippen LogP contribution in [0.4, 0.5) is 0 Å². The molecule has 0 amide bonds. The fourth-order valence-corrected chi connectivity index (χ4v) is 5.55. The van der Waals surface area contributed by atoms with E-state index < -0.39 is 77.4 Å². The minimum absolute atomic E-state index is 0.0178. The summed E-state index contributed by atoms with van der Waals surface area (Å²) in [7, 11) is 1.36. The number of aldehydes is 1. The molecular weight excluding hydrogens is 510 g/mol. The topological polar surface area (TPSA) is 186 Å². The highest BCUT2D eigenvalue weighted by Gasteiger charge is 2.41. The minimum Gasteiger partial charge on any atom is -0.507 e. The van der Waals surface area contributed by atoms with Gasteiger partial charge in [-0.2, -0.15) is 0 Å². The van der Waals surface area contributed by atoms with Crippen molar-refractivity contribution in [3.8, 4) is 17.2 Å². The summed E-state index contributed by atoms with van der Waals surface area (Å²) in [5, 5.41) is 42.0. The molecule has 0 bridgehead atoms. The van der Waals surface area contributed by atoms with Gasteiger partial charge in [-0.15, -0.1) is 0 Å². The van der Waals surface area contributed by atoms with Crippen molar-refractivity contribution in [1.29, 1.82) is 0 Å². The highest BCUT2D eigenvalue weighted by atomic mass is 16.7. The van der Waals surface area contributed by atoms with Gasteiger partial charge in [0.2, 0.25) is 0 Å². The van der Waals surface area contributed by atoms with Gasteiger partial charge in [-0.1, -0.05) is 17.7 Å². The van der Waals surface area contributed by atoms with Crippen LogP contribution >= 0.6 is 0 Å². The smallest absolute Gasteiger partial charge is 0.196 e. The fraction of sp³-hybridized carbons (Fsp3) is 0.464. The Morgan fingerprint density at radius 2 is 1.92 bits per heavy atom. The van der Waals surface area contributed by atoms with Crippen molar-refractivity contribution in [1.82, 2.24) is 0 Å². The average Bonchev–Trinajstić information content (AvgIpc) is 2.91. The standard InChI is InChI=1S/C28H33NO10/c1-12-7-14(18(32)11-31)8-20(39-21-9-17(29)25(33)13(2)38-21)22(12)27(35)24-16(10-30)26(34)15-5-4-6-19(37-3)23(15)28(24)36/h4-6,10,13-14,17,20-21,25,31,33-34,36H,7-9,11,29H2,1-3H3/t13?,14?,17?,20-,21?,25?/m0/s1. The lowest BCUT2D eigenvalue weighted by Gasteiger charge is -2.39. The van der Waals surface area contributed by atoms with Gasteiger partial charge in [-0.25, -0.2) is 0 Å². The number of carbonyl (C=O) groups is 3. The lowest BCUT2D eigenvalue weighted by atomic mass is 9.77. The van der Waals surface area contributed by atoms with Gasteiger partial charge in [-0.05, 0) is 32.8 Å². The molecule has 2 aromatic carbocycles. The lowest BCUT2D eigenvalue weighted by Crippen LogP contribution is -2.52. The largest absolute Gasteiger partial charge is 0.507 e. The van der Waals surface area contributed by atoms with Crippen LogP contribution in [-0.4, -0.2) is 82.6 Å². The van der Waals surface area contributed by atoms with Gasteiger partial charge in [0.1, 0.15) is 23.9 Å². The molecule has 1 aliphatic carbocycles. The number of Topliss-reactive ketones (excluding diaryl/α,β-unsaturated/α-hetero) is 2. The Balaban J connectivity index is 1.84. The van der Waals surface area contributed by atoms with Crippen LogP contribution in [0.2, 0.25) is 0 Å². The number of aliphatic hydroxyl groups excluding tert-OH is 2. The minimum atomic E-state index is -1.04. The molecule has 6 N–H and O–H groups in total. The Bertz CT molecular complexity index is 1320. The van der Waals surface area contributed by atoms with E-state index in [0.29, 0.717) is 11.9 Å². The Morgan fingerprint density at radius 1 is 1.21 bits per heavy atom. The summed E-state index contributed by atoms with van der Waals surface area (Å²) in [5.41, 5.74) is 5.74. The summed E-state index contributed by atoms with van der Waals surface area (Å²) in [6.45, 7) is 2.57. The zero-order valence-electron chi connectivity index (χ0n) is 21.9. The number of rotatable bonds is 8. The molecule has 210 valence electrons. The molecule has 1 heterocycles. The van der Waals surface area contributed by atoms with Gasteiger partial charge in [0.15, 0.2) is 24.1 Å². The quantitative estimate of drug-likeness (QED) is 0.185. The first-order chi connectivity index (χ1) is 18.5. The highest BCUT2D eigenvalue weighted by Crippen LogP contribution is 2.45. The number of fused-ring (bicyclic) bond motifs is 1. The molecule has 0 aromatic heterocycles. The summed E-state index contributed by atoms with van der Waals surface area (Å²) in [5.74, 6) is -2.72. The number of carbonyl (C=O) groups excluding carboxylic acids is 3. The third kappa shape index (κ3) is 5.15. The van der Waals surface area contributed by atoms with Crippen LogP contribution in [-0.2, 0) is 14.3 Å². The second kappa shape index (κ2) is 11.4. The highest BCUT2D eigenvalue weighted by molar-refractivity contribution is 6.20. The van der Waals surface area contributed by atoms with Crippen molar-refractivity contribution in [3.05, 3.63) is 40.5 Å². The lowest BCUT2D eigenvalue weighted by molar-refractivity contribution is -0.235. The van der Waals surface area contributed by atoms with Gasteiger partial charge in [0.05, 0.1) is 41.9 Å². The number of phenols is 2. The number of aromatic hydroxyl groups is 2. The van der Waals surface area contributed by atoms with Crippen molar-refractivity contribution >= 4 is 28.6 Å². The fourth-order valence-electron chi connectivity index (χ4n) is 5.55. The number of aliphatic hydroxyl groups is 2. The summed E-state index contributed by atoms with van der Waals surface area (Å²) in [4.78, 5) is 38.7. The van der Waals surface area contributed by atoms with Crippen LogP contribution < -0.4 is 10.5 Å². The van der Waals surface area contributed by atoms with E-state index in [0.717, 1.165) is 0 Å². The van der Waals surface area contributed by atoms with E-state index >= 15 is 0 Å². The van der Waals surface area contributed by atoms with E-state index in [2.05, 4.69) is 0 Å². The summed E-state index contributed by atoms with van der Waals surface area (Å²) >= 11 is 0. The number of benzene rings is 2. The predicted octanol–water partition coefficient (Wildman–Crippen LogP) is 1.75. The Hall–Kier alpha value is -3.35. The molecule has 5 unspecified atom stereocenters. The molecule has 0 radical (unpaired) electrons. The molecule has 11 nitrogen and oxygen atoms in total. The first-order valence-electron chi connectivity index (χ1n) is 12.7. The molecule has 0 spiro atoms. The SMILES string of the molecule is COc1cccc2c(O)c(C=O)c(C(=O)C3=C(C)CC(C(=O)CO)C[C@@H]3OC3CC(N)C(O)C(C)O3)c(O)c12. The van der Waals surface area contributed by atoms with Crippen LogP contribution in [0.1, 0.15) is 53.8 Å². The van der Waals surface area contributed by atoms with Crippen molar-refractivity contribution in [2.75, 3.05) is 13.7 Å². The number of ketones is 2. The molecule has 2 aromatic rings. The van der Waals surface area contributed by atoms with Gasteiger partial charge in [0, 0.05) is 29.3 Å². The maximum atomic E-state index is 14.1. The molecular formula is C28H33NO10. The summed E-state index contributed by atoms with van der Waals surface area (Å²) in [6.07, 6.45) is -2.98. The first-order valence-corrected chi connectivity index (χ1v) is 12.7. The third-order valence-corrected chi connectivity index (χ3v) is 7.60. The van der Waals surface area contributed by atoms with E-state index in [-0.39, 0.29) is 41.4 Å². The number of hydrogen-bond donors (Lipinski definition) is 5. The maximum Gasteiger partial charge on any atom is 0.196 e. The van der Waals surface area contributed by atoms with E-state index in [9.17, 15) is 34.8 Å². The zero-order chi connectivity index (χ0) is 28.6. The number of nitrogens with two attached hydrogens (primary N) is 1. The average molecular weight is 544 g/mol. The second-order valence-electron chi connectivity index (χ2n) is 10.1. The number of hydrogen-bond acceptors (Lipinski definition) is 11. The van der Waals surface area contributed by atoms with Crippen LogP contribution in [0.5, 0.6) is 17.2 Å². The monoisotopic (exact) mass is 543 g/mol. The van der Waals surface area contributed by atoms with Gasteiger partial charge < -0.3 is 40.4 Å². The van der Waals surface area contributed by atoms with Crippen LogP contribution in [0.15, 0.2) is 29.3 Å². The third-order valence-electron chi connectivity index (χ3n) is 7.60. The molecule has 1 saturated heterocycles. The maximum absolute atomic E-state index is 14.1. The number of phenolic OH excluding ortho intramolecular Hbond substituents is 2. The second-order valence-corrected chi connectivity index (χ2v) is 10.1. The van der Waals surface area contributed by atoms with Crippen molar-refractivity contribution in [2.45, 2.75) is 63.8 Å². The van der Waals surface area contributed by atoms with Crippen LogP contribution in [0.3, 0.4) is 0 Å². The number of allylic oxidation sites excluding steroid dienone is 1. The summed E-state index contributed by atoms with van der Waals surface area (Å²) < 4.78 is 17.2. The van der Waals surface area contributed by atoms with Crippen molar-refractivity contribution < 1.29 is 49.0 Å². The Labute approximate surface area is 224 Å². The van der Waals surface area contributed by atoms with E-state index in [4.69, 9.17) is 19.9 Å². The first kappa shape index (κ1) is 28.7. The van der Waals surface area contributed by atoms with Gasteiger partial charge in [-0.3, -0.25) is 14.4 Å². The predicted molar refractivity (Wildman–Crippen MR) is 139 cm³/mol. The summed E-state index contributed by atoms with van der Waals surface area (Å²) in [6, 6.07) is 3.93. The van der Waals surface area contributed by atoms with E-state index in [1.165, 1.54) is 19.2 Å².